The highest BCUT2D eigenvalue weighted by Gasteiger charge is 2.41. The van der Waals surface area contributed by atoms with Gasteiger partial charge in [0.15, 0.2) is 0 Å². The van der Waals surface area contributed by atoms with Crippen LogP contribution in [0.3, 0.4) is 0 Å². The lowest BCUT2D eigenvalue weighted by atomic mass is 9.92. The minimum Gasteiger partial charge on any atom is -0.381 e. The summed E-state index contributed by atoms with van der Waals surface area (Å²) in [6.45, 7) is 11.3. The van der Waals surface area contributed by atoms with Gasteiger partial charge < -0.3 is 19.5 Å². The number of hydrogen-bond acceptors (Lipinski definition) is 4. The molecule has 0 unspecified atom stereocenters. The Kier molecular flexibility index (Phi) is 5.57. The Morgan fingerprint density at radius 2 is 2.03 bits per heavy atom. The maximum atomic E-state index is 13.3. The van der Waals surface area contributed by atoms with Crippen LogP contribution in [0, 0.1) is 5.92 Å². The van der Waals surface area contributed by atoms with Crippen molar-refractivity contribution in [2.45, 2.75) is 58.5 Å². The van der Waals surface area contributed by atoms with E-state index in [1.165, 1.54) is 5.56 Å². The SMILES string of the molecule is CC(C)Cn1cc(C2CCOCC2)c2ccc(C(=O)N3CCNC(=O)C3(C)C)nc21. The lowest BCUT2D eigenvalue weighted by molar-refractivity contribution is -0.133. The summed E-state index contributed by atoms with van der Waals surface area (Å²) in [4.78, 5) is 32.0. The fraction of sp³-hybridized carbons (Fsp3) is 0.609. The summed E-state index contributed by atoms with van der Waals surface area (Å²) in [5, 5.41) is 3.96. The maximum absolute atomic E-state index is 13.3. The van der Waals surface area contributed by atoms with Gasteiger partial charge in [0, 0.05) is 44.4 Å². The Morgan fingerprint density at radius 3 is 2.73 bits per heavy atom. The molecule has 0 spiro atoms. The monoisotopic (exact) mass is 412 g/mol. The smallest absolute Gasteiger partial charge is 0.273 e. The molecule has 2 aliphatic rings. The molecule has 2 saturated heterocycles. The minimum atomic E-state index is -0.890. The van der Waals surface area contributed by atoms with Crippen molar-refractivity contribution in [3.63, 3.8) is 0 Å². The van der Waals surface area contributed by atoms with E-state index in [-0.39, 0.29) is 11.8 Å². The first-order chi connectivity index (χ1) is 14.3. The van der Waals surface area contributed by atoms with Gasteiger partial charge in [0.05, 0.1) is 0 Å². The van der Waals surface area contributed by atoms with Gasteiger partial charge in [-0.2, -0.15) is 0 Å². The molecule has 4 heterocycles. The Bertz CT molecular complexity index is 957. The Morgan fingerprint density at radius 1 is 1.30 bits per heavy atom. The molecule has 0 atom stereocenters. The molecule has 7 nitrogen and oxygen atoms in total. The normalized spacial score (nSPS) is 20.0. The third-order valence-corrected chi connectivity index (χ3v) is 6.29. The minimum absolute atomic E-state index is 0.131. The van der Waals surface area contributed by atoms with Crippen LogP contribution in [0.2, 0.25) is 0 Å². The summed E-state index contributed by atoms with van der Waals surface area (Å²) in [6, 6.07) is 3.85. The third-order valence-electron chi connectivity index (χ3n) is 6.29. The van der Waals surface area contributed by atoms with Gasteiger partial charge in [-0.25, -0.2) is 4.98 Å². The van der Waals surface area contributed by atoms with E-state index in [4.69, 9.17) is 9.72 Å². The largest absolute Gasteiger partial charge is 0.381 e. The average molecular weight is 413 g/mol. The standard InChI is InChI=1S/C23H32N4O3/c1-15(2)13-26-14-18(16-7-11-30-12-8-16)17-5-6-19(25-20(17)26)21(28)27-10-9-24-22(29)23(27,3)4/h5-6,14-16H,7-13H2,1-4H3,(H,24,29). The van der Waals surface area contributed by atoms with Crippen molar-refractivity contribution in [2.24, 2.45) is 5.92 Å². The fourth-order valence-corrected chi connectivity index (χ4v) is 4.57. The Hall–Kier alpha value is -2.41. The van der Waals surface area contributed by atoms with E-state index in [1.54, 1.807) is 18.7 Å². The van der Waals surface area contributed by atoms with Gasteiger partial charge in [0.25, 0.3) is 5.91 Å². The van der Waals surface area contributed by atoms with Crippen molar-refractivity contribution in [3.8, 4) is 0 Å². The number of hydrogen-bond donors (Lipinski definition) is 1. The number of fused-ring (bicyclic) bond motifs is 1. The Balaban J connectivity index is 1.73. The van der Waals surface area contributed by atoms with Gasteiger partial charge in [-0.15, -0.1) is 0 Å². The molecule has 2 amide bonds. The molecule has 7 heteroatoms. The number of ether oxygens (including phenoxy) is 1. The van der Waals surface area contributed by atoms with E-state index in [0.29, 0.717) is 30.6 Å². The zero-order valence-electron chi connectivity index (χ0n) is 18.4. The summed E-state index contributed by atoms with van der Waals surface area (Å²) in [7, 11) is 0. The highest BCUT2D eigenvalue weighted by atomic mass is 16.5. The molecule has 2 aliphatic heterocycles. The van der Waals surface area contributed by atoms with Gasteiger partial charge in [-0.3, -0.25) is 9.59 Å². The first-order valence-electron chi connectivity index (χ1n) is 11.0. The van der Waals surface area contributed by atoms with E-state index in [0.717, 1.165) is 43.6 Å². The molecule has 162 valence electrons. The first-order valence-corrected chi connectivity index (χ1v) is 11.0. The van der Waals surface area contributed by atoms with Crippen LogP contribution in [0.25, 0.3) is 11.0 Å². The number of piperazine rings is 1. The van der Waals surface area contributed by atoms with Gasteiger partial charge in [-0.05, 0) is 56.2 Å². The number of pyridine rings is 1. The molecule has 0 saturated carbocycles. The van der Waals surface area contributed by atoms with Gasteiger partial charge in [0.1, 0.15) is 16.9 Å². The van der Waals surface area contributed by atoms with Crippen LogP contribution < -0.4 is 5.32 Å². The van der Waals surface area contributed by atoms with Crippen molar-refractivity contribution in [1.29, 1.82) is 0 Å². The molecular formula is C23H32N4O3. The number of carbonyl (C=O) groups is 2. The number of aromatic nitrogens is 2. The van der Waals surface area contributed by atoms with Crippen molar-refractivity contribution >= 4 is 22.8 Å². The topological polar surface area (TPSA) is 76.5 Å². The molecule has 1 N–H and O–H groups in total. The van der Waals surface area contributed by atoms with Crippen LogP contribution in [0.5, 0.6) is 0 Å². The van der Waals surface area contributed by atoms with Crippen LogP contribution in [0.15, 0.2) is 18.3 Å². The highest BCUT2D eigenvalue weighted by molar-refractivity contribution is 5.99. The summed E-state index contributed by atoms with van der Waals surface area (Å²) in [5.74, 6) is 0.603. The predicted molar refractivity (Wildman–Crippen MR) is 115 cm³/mol. The summed E-state index contributed by atoms with van der Waals surface area (Å²) in [5.41, 5.74) is 1.67. The van der Waals surface area contributed by atoms with Crippen LogP contribution >= 0.6 is 0 Å². The van der Waals surface area contributed by atoms with Crippen LogP contribution in [0.1, 0.15) is 62.5 Å². The number of nitrogens with zero attached hydrogens (tertiary/aromatic N) is 3. The zero-order valence-corrected chi connectivity index (χ0v) is 18.4. The van der Waals surface area contributed by atoms with Crippen LogP contribution in [0.4, 0.5) is 0 Å². The van der Waals surface area contributed by atoms with Crippen molar-refractivity contribution < 1.29 is 14.3 Å². The fourth-order valence-electron chi connectivity index (χ4n) is 4.57. The molecule has 0 aromatic carbocycles. The quantitative estimate of drug-likeness (QED) is 0.838. The second-order valence-corrected chi connectivity index (χ2v) is 9.36. The summed E-state index contributed by atoms with van der Waals surface area (Å²) >= 11 is 0. The number of carbonyl (C=O) groups excluding carboxylic acids is 2. The average Bonchev–Trinajstić information content (AvgIpc) is 3.07. The van der Waals surface area contributed by atoms with Crippen molar-refractivity contribution in [3.05, 3.63) is 29.6 Å². The number of rotatable bonds is 4. The molecule has 2 fully saturated rings. The third kappa shape index (κ3) is 3.71. The van der Waals surface area contributed by atoms with E-state index in [9.17, 15) is 9.59 Å². The first kappa shape index (κ1) is 20.8. The predicted octanol–water partition coefficient (Wildman–Crippen LogP) is 2.94. The summed E-state index contributed by atoms with van der Waals surface area (Å²) < 4.78 is 7.74. The molecule has 0 bridgehead atoms. The van der Waals surface area contributed by atoms with Crippen LogP contribution in [-0.4, -0.2) is 58.1 Å². The molecule has 0 aliphatic carbocycles. The maximum Gasteiger partial charge on any atom is 0.273 e. The zero-order chi connectivity index (χ0) is 21.5. The van der Waals surface area contributed by atoms with E-state index < -0.39 is 5.54 Å². The second-order valence-electron chi connectivity index (χ2n) is 9.36. The molecule has 4 rings (SSSR count). The Labute approximate surface area is 177 Å². The van der Waals surface area contributed by atoms with Crippen molar-refractivity contribution in [2.75, 3.05) is 26.3 Å². The number of nitrogens with one attached hydrogen (secondary N) is 1. The molecule has 0 radical (unpaired) electrons. The molecule has 2 aromatic rings. The van der Waals surface area contributed by atoms with E-state index in [2.05, 4.69) is 29.9 Å². The molecule has 30 heavy (non-hydrogen) atoms. The van der Waals surface area contributed by atoms with Gasteiger partial charge >= 0.3 is 0 Å². The van der Waals surface area contributed by atoms with Gasteiger partial charge in [0.2, 0.25) is 5.91 Å². The summed E-state index contributed by atoms with van der Waals surface area (Å²) in [6.07, 6.45) is 4.25. The molecular weight excluding hydrogens is 380 g/mol. The van der Waals surface area contributed by atoms with E-state index >= 15 is 0 Å². The van der Waals surface area contributed by atoms with Crippen LogP contribution in [-0.2, 0) is 16.1 Å². The van der Waals surface area contributed by atoms with Gasteiger partial charge in [-0.1, -0.05) is 13.8 Å². The van der Waals surface area contributed by atoms with E-state index in [1.807, 2.05) is 12.1 Å². The molecule has 2 aromatic heterocycles. The van der Waals surface area contributed by atoms with Crippen molar-refractivity contribution in [1.82, 2.24) is 19.8 Å². The second kappa shape index (κ2) is 8.02. The number of amides is 2. The highest BCUT2D eigenvalue weighted by Crippen LogP contribution is 2.34. The lowest BCUT2D eigenvalue weighted by Crippen LogP contribution is -2.63. The lowest BCUT2D eigenvalue weighted by Gasteiger charge is -2.40.